The zero-order chi connectivity index (χ0) is 20.1. The van der Waals surface area contributed by atoms with E-state index in [1.807, 2.05) is 23.2 Å². The largest absolute Gasteiger partial charge is 0.379 e. The quantitative estimate of drug-likeness (QED) is 0.755. The molecule has 0 bridgehead atoms. The molecule has 3 fully saturated rings. The second-order valence-corrected chi connectivity index (χ2v) is 8.49. The molecule has 0 spiro atoms. The third-order valence-corrected chi connectivity index (χ3v) is 6.29. The van der Waals surface area contributed by atoms with Crippen LogP contribution in [-0.4, -0.2) is 72.0 Å². The van der Waals surface area contributed by atoms with E-state index in [1.165, 1.54) is 0 Å². The van der Waals surface area contributed by atoms with Crippen molar-refractivity contribution in [3.05, 3.63) is 30.1 Å². The minimum absolute atomic E-state index is 0.171. The van der Waals surface area contributed by atoms with Crippen molar-refractivity contribution < 1.29 is 14.3 Å². The Morgan fingerprint density at radius 1 is 1.14 bits per heavy atom. The maximum absolute atomic E-state index is 13.5. The van der Waals surface area contributed by atoms with Crippen LogP contribution in [0.3, 0.4) is 0 Å². The van der Waals surface area contributed by atoms with Crippen LogP contribution < -0.4 is 5.32 Å². The molecule has 0 radical (unpaired) electrons. The van der Waals surface area contributed by atoms with E-state index in [4.69, 9.17) is 4.74 Å². The molecule has 2 saturated heterocycles. The Labute approximate surface area is 172 Å². The summed E-state index contributed by atoms with van der Waals surface area (Å²) in [5.41, 5.74) is 0.957. The molecule has 1 atom stereocenters. The number of amides is 2. The Balaban J connectivity index is 1.31. The number of carbonyl (C=O) groups is 2. The van der Waals surface area contributed by atoms with Gasteiger partial charge in [-0.05, 0) is 49.7 Å². The van der Waals surface area contributed by atoms with Crippen LogP contribution in [0.4, 0.5) is 0 Å². The maximum atomic E-state index is 13.5. The zero-order valence-electron chi connectivity index (χ0n) is 17.1. The Kier molecular flexibility index (Phi) is 6.77. The number of nitrogens with one attached hydrogen (secondary N) is 1. The topological polar surface area (TPSA) is 74.8 Å². The average molecular weight is 401 g/mol. The van der Waals surface area contributed by atoms with Gasteiger partial charge in [-0.3, -0.25) is 19.5 Å². The number of hydrogen-bond acceptors (Lipinski definition) is 5. The molecule has 7 nitrogen and oxygen atoms in total. The number of hydrogen-bond donors (Lipinski definition) is 1. The summed E-state index contributed by atoms with van der Waals surface area (Å²) in [6.07, 6.45) is 9.31. The summed E-state index contributed by atoms with van der Waals surface area (Å²) in [6, 6.07) is 4.05. The van der Waals surface area contributed by atoms with Gasteiger partial charge < -0.3 is 15.0 Å². The van der Waals surface area contributed by atoms with Crippen molar-refractivity contribution in [1.29, 1.82) is 0 Å². The predicted octanol–water partition coefficient (Wildman–Crippen LogP) is 1.75. The fourth-order valence-electron chi connectivity index (χ4n) is 4.36. The summed E-state index contributed by atoms with van der Waals surface area (Å²) in [6.45, 7) is 4.39. The number of piperidine rings is 1. The van der Waals surface area contributed by atoms with Gasteiger partial charge in [-0.25, -0.2) is 0 Å². The minimum Gasteiger partial charge on any atom is -0.379 e. The van der Waals surface area contributed by atoms with Gasteiger partial charge in [0.1, 0.15) is 6.04 Å². The van der Waals surface area contributed by atoms with E-state index in [1.54, 1.807) is 6.20 Å². The molecule has 1 aliphatic carbocycles. The first kappa shape index (κ1) is 20.3. The molecule has 7 heteroatoms. The van der Waals surface area contributed by atoms with Gasteiger partial charge in [-0.2, -0.15) is 0 Å². The highest BCUT2D eigenvalue weighted by molar-refractivity contribution is 5.83. The van der Waals surface area contributed by atoms with E-state index in [0.717, 1.165) is 63.8 Å². The van der Waals surface area contributed by atoms with Gasteiger partial charge >= 0.3 is 0 Å². The van der Waals surface area contributed by atoms with Gasteiger partial charge in [0.25, 0.3) is 0 Å². The smallest absolute Gasteiger partial charge is 0.244 e. The molecular formula is C22H32N4O3. The summed E-state index contributed by atoms with van der Waals surface area (Å²) in [5, 5.41) is 3.06. The Morgan fingerprint density at radius 3 is 2.55 bits per heavy atom. The van der Waals surface area contributed by atoms with E-state index >= 15 is 0 Å². The van der Waals surface area contributed by atoms with Gasteiger partial charge in [0.05, 0.1) is 13.2 Å². The van der Waals surface area contributed by atoms with Crippen LogP contribution in [0.25, 0.3) is 0 Å². The number of pyridine rings is 1. The normalized spacial score (nSPS) is 22.3. The van der Waals surface area contributed by atoms with Gasteiger partial charge in [-0.1, -0.05) is 6.07 Å². The lowest BCUT2D eigenvalue weighted by Crippen LogP contribution is -2.49. The Bertz CT molecular complexity index is 681. The molecule has 2 aliphatic heterocycles. The summed E-state index contributed by atoms with van der Waals surface area (Å²) in [5.74, 6) is 0.893. The average Bonchev–Trinajstić information content (AvgIpc) is 3.58. The first-order valence-electron chi connectivity index (χ1n) is 11.0. The first-order valence-corrected chi connectivity index (χ1v) is 11.0. The third kappa shape index (κ3) is 5.54. The summed E-state index contributed by atoms with van der Waals surface area (Å²) in [7, 11) is 0. The summed E-state index contributed by atoms with van der Waals surface area (Å²) in [4.78, 5) is 33.8. The lowest BCUT2D eigenvalue weighted by atomic mass is 9.91. The van der Waals surface area contributed by atoms with Crippen LogP contribution in [0.2, 0.25) is 0 Å². The second-order valence-electron chi connectivity index (χ2n) is 8.49. The molecule has 1 N–H and O–H groups in total. The number of likely N-dealkylation sites (tertiary alicyclic amines) is 1. The zero-order valence-corrected chi connectivity index (χ0v) is 17.1. The third-order valence-electron chi connectivity index (χ3n) is 6.29. The van der Waals surface area contributed by atoms with Crippen molar-refractivity contribution in [2.24, 2.45) is 5.92 Å². The Hall–Kier alpha value is -1.99. The highest BCUT2D eigenvalue weighted by Crippen LogP contribution is 2.28. The molecule has 1 aromatic rings. The van der Waals surface area contributed by atoms with Gasteiger partial charge in [0.2, 0.25) is 11.8 Å². The van der Waals surface area contributed by atoms with Crippen LogP contribution in [0.1, 0.15) is 50.1 Å². The van der Waals surface area contributed by atoms with Crippen molar-refractivity contribution in [3.8, 4) is 0 Å². The van der Waals surface area contributed by atoms with E-state index in [0.29, 0.717) is 31.6 Å². The molecule has 158 valence electrons. The lowest BCUT2D eigenvalue weighted by molar-refractivity contribution is -0.140. The predicted molar refractivity (Wildman–Crippen MR) is 109 cm³/mol. The molecule has 0 unspecified atom stereocenters. The molecule has 0 aromatic carbocycles. The van der Waals surface area contributed by atoms with Gasteiger partial charge in [0, 0.05) is 51.0 Å². The number of rotatable bonds is 7. The van der Waals surface area contributed by atoms with Crippen molar-refractivity contribution >= 4 is 11.8 Å². The van der Waals surface area contributed by atoms with Crippen molar-refractivity contribution in [2.45, 2.75) is 50.6 Å². The summed E-state index contributed by atoms with van der Waals surface area (Å²) < 4.78 is 5.48. The molecule has 3 heterocycles. The van der Waals surface area contributed by atoms with Crippen LogP contribution in [-0.2, 0) is 14.3 Å². The van der Waals surface area contributed by atoms with Crippen LogP contribution in [0.5, 0.6) is 0 Å². The molecule has 29 heavy (non-hydrogen) atoms. The van der Waals surface area contributed by atoms with E-state index in [2.05, 4.69) is 15.2 Å². The number of aromatic nitrogens is 1. The number of nitrogens with zero attached hydrogens (tertiary/aromatic N) is 3. The fraction of sp³-hybridized carbons (Fsp3) is 0.682. The lowest BCUT2D eigenvalue weighted by Gasteiger charge is -2.39. The number of ether oxygens (including phenoxy) is 1. The molecule has 4 rings (SSSR count). The second kappa shape index (κ2) is 9.67. The monoisotopic (exact) mass is 400 g/mol. The van der Waals surface area contributed by atoms with Crippen molar-refractivity contribution in [3.63, 3.8) is 0 Å². The standard InChI is InChI=1S/C22H32N4O3/c27-20(24-19-4-5-19)6-3-17-7-10-26(11-8-17)22(28)21(18-2-1-9-23-16-18)25-12-14-29-15-13-25/h1-2,9,16-17,19,21H,3-8,10-15H2,(H,24,27)/t21-/m1/s1. The van der Waals surface area contributed by atoms with E-state index in [-0.39, 0.29) is 17.9 Å². The SMILES string of the molecule is O=C(CCC1CCN(C(=O)[C@@H](c2cccnc2)N2CCOCC2)CC1)NC1CC1. The minimum atomic E-state index is -0.284. The van der Waals surface area contributed by atoms with Gasteiger partial charge in [0.15, 0.2) is 0 Å². The highest BCUT2D eigenvalue weighted by Gasteiger charge is 2.34. The molecular weight excluding hydrogens is 368 g/mol. The molecule has 1 aromatic heterocycles. The molecule has 3 aliphatic rings. The van der Waals surface area contributed by atoms with Crippen LogP contribution >= 0.6 is 0 Å². The summed E-state index contributed by atoms with van der Waals surface area (Å²) >= 11 is 0. The molecule has 1 saturated carbocycles. The number of morpholine rings is 1. The Morgan fingerprint density at radius 2 is 1.90 bits per heavy atom. The highest BCUT2D eigenvalue weighted by atomic mass is 16.5. The van der Waals surface area contributed by atoms with Gasteiger partial charge in [-0.15, -0.1) is 0 Å². The fourth-order valence-corrected chi connectivity index (χ4v) is 4.36. The van der Waals surface area contributed by atoms with Crippen LogP contribution in [0.15, 0.2) is 24.5 Å². The van der Waals surface area contributed by atoms with E-state index < -0.39 is 0 Å². The van der Waals surface area contributed by atoms with Crippen molar-refractivity contribution in [1.82, 2.24) is 20.1 Å². The first-order chi connectivity index (χ1) is 14.2. The number of carbonyl (C=O) groups excluding carboxylic acids is 2. The van der Waals surface area contributed by atoms with Crippen LogP contribution in [0, 0.1) is 5.92 Å². The maximum Gasteiger partial charge on any atom is 0.244 e. The van der Waals surface area contributed by atoms with Crippen molar-refractivity contribution in [2.75, 3.05) is 39.4 Å². The van der Waals surface area contributed by atoms with E-state index in [9.17, 15) is 9.59 Å². The molecule has 2 amide bonds.